The Morgan fingerprint density at radius 2 is 1.80 bits per heavy atom. The molecule has 0 aliphatic carbocycles. The van der Waals surface area contributed by atoms with Crippen molar-refractivity contribution in [3.8, 4) is 11.5 Å². The number of H-pyrrole nitrogens is 1. The maximum atomic E-state index is 12.9. The molecule has 4 rings (SSSR count). The molecule has 1 aromatic heterocycles. The molecule has 25 heavy (non-hydrogen) atoms. The first-order chi connectivity index (χ1) is 12.2. The van der Waals surface area contributed by atoms with Gasteiger partial charge in [0.1, 0.15) is 0 Å². The number of ether oxygens (including phenoxy) is 2. The van der Waals surface area contributed by atoms with E-state index in [1.165, 1.54) is 5.56 Å². The topological polar surface area (TPSA) is 54.6 Å². The van der Waals surface area contributed by atoms with Crippen molar-refractivity contribution in [1.82, 2.24) is 9.88 Å². The van der Waals surface area contributed by atoms with Crippen molar-refractivity contribution in [1.29, 1.82) is 0 Å². The average molecular weight is 336 g/mol. The van der Waals surface area contributed by atoms with Crippen LogP contribution in [0.1, 0.15) is 21.5 Å². The molecule has 128 valence electrons. The first-order valence-corrected chi connectivity index (χ1v) is 8.30. The highest BCUT2D eigenvalue weighted by Crippen LogP contribution is 2.33. The lowest BCUT2D eigenvalue weighted by atomic mass is 9.98. The molecule has 0 bridgehead atoms. The fourth-order valence-electron chi connectivity index (χ4n) is 3.43. The van der Waals surface area contributed by atoms with Crippen LogP contribution in [0.25, 0.3) is 10.9 Å². The van der Waals surface area contributed by atoms with Crippen molar-refractivity contribution in [3.05, 3.63) is 59.3 Å². The number of rotatable bonds is 3. The van der Waals surface area contributed by atoms with Crippen molar-refractivity contribution in [2.45, 2.75) is 13.0 Å². The molecule has 1 N–H and O–H groups in total. The summed E-state index contributed by atoms with van der Waals surface area (Å²) in [5.74, 6) is 1.49. The molecule has 0 saturated carbocycles. The van der Waals surface area contributed by atoms with Gasteiger partial charge in [-0.2, -0.15) is 0 Å². The van der Waals surface area contributed by atoms with Crippen LogP contribution in [0.3, 0.4) is 0 Å². The molecule has 2 heterocycles. The Morgan fingerprint density at radius 1 is 1.04 bits per heavy atom. The SMILES string of the molecule is COc1cc2c(cc1OC)CN(C(=O)c1ccc3[nH]ccc3c1)CC2. The van der Waals surface area contributed by atoms with E-state index >= 15 is 0 Å². The van der Waals surface area contributed by atoms with E-state index in [0.29, 0.717) is 18.8 Å². The Hall–Kier alpha value is -2.95. The van der Waals surface area contributed by atoms with Gasteiger partial charge in [-0.05, 0) is 53.9 Å². The number of aromatic nitrogens is 1. The van der Waals surface area contributed by atoms with Crippen molar-refractivity contribution in [3.63, 3.8) is 0 Å². The number of fused-ring (bicyclic) bond motifs is 2. The molecule has 1 aliphatic rings. The van der Waals surface area contributed by atoms with E-state index in [4.69, 9.17) is 9.47 Å². The number of carbonyl (C=O) groups is 1. The second-order valence-corrected chi connectivity index (χ2v) is 6.23. The third-order valence-corrected chi connectivity index (χ3v) is 4.81. The molecule has 5 heteroatoms. The lowest BCUT2D eigenvalue weighted by Crippen LogP contribution is -2.36. The van der Waals surface area contributed by atoms with E-state index in [0.717, 1.165) is 34.2 Å². The van der Waals surface area contributed by atoms with E-state index in [2.05, 4.69) is 4.98 Å². The van der Waals surface area contributed by atoms with Crippen LogP contribution in [0.15, 0.2) is 42.6 Å². The highest BCUT2D eigenvalue weighted by molar-refractivity contribution is 5.98. The van der Waals surface area contributed by atoms with Crippen molar-refractivity contribution in [2.75, 3.05) is 20.8 Å². The number of nitrogens with zero attached hydrogens (tertiary/aromatic N) is 1. The summed E-state index contributed by atoms with van der Waals surface area (Å²) in [7, 11) is 3.27. The number of benzene rings is 2. The third-order valence-electron chi connectivity index (χ3n) is 4.81. The van der Waals surface area contributed by atoms with Gasteiger partial charge in [-0.25, -0.2) is 0 Å². The Balaban J connectivity index is 1.61. The Bertz CT molecular complexity index is 945. The summed E-state index contributed by atoms with van der Waals surface area (Å²) in [6, 6.07) is 11.7. The first kappa shape index (κ1) is 15.6. The Labute approximate surface area is 146 Å². The van der Waals surface area contributed by atoms with Gasteiger partial charge in [0, 0.05) is 35.8 Å². The zero-order chi connectivity index (χ0) is 17.4. The quantitative estimate of drug-likeness (QED) is 0.798. The summed E-state index contributed by atoms with van der Waals surface area (Å²) in [5.41, 5.74) is 4.08. The van der Waals surface area contributed by atoms with Crippen LogP contribution >= 0.6 is 0 Å². The number of methoxy groups -OCH3 is 2. The van der Waals surface area contributed by atoms with Gasteiger partial charge in [0.25, 0.3) is 5.91 Å². The average Bonchev–Trinajstić information content (AvgIpc) is 3.13. The van der Waals surface area contributed by atoms with Gasteiger partial charge in [-0.15, -0.1) is 0 Å². The van der Waals surface area contributed by atoms with Gasteiger partial charge in [-0.1, -0.05) is 0 Å². The lowest BCUT2D eigenvalue weighted by molar-refractivity contribution is 0.0734. The van der Waals surface area contributed by atoms with Gasteiger partial charge < -0.3 is 19.4 Å². The first-order valence-electron chi connectivity index (χ1n) is 8.30. The van der Waals surface area contributed by atoms with Crippen LogP contribution < -0.4 is 9.47 Å². The number of amides is 1. The molecule has 1 aliphatic heterocycles. The molecule has 0 unspecified atom stereocenters. The summed E-state index contributed by atoms with van der Waals surface area (Å²) < 4.78 is 10.8. The van der Waals surface area contributed by atoms with Gasteiger partial charge in [0.05, 0.1) is 14.2 Å². The molecule has 1 amide bonds. The van der Waals surface area contributed by atoms with Crippen LogP contribution in [0.4, 0.5) is 0 Å². The molecule has 0 fully saturated rings. The molecule has 0 spiro atoms. The van der Waals surface area contributed by atoms with Crippen molar-refractivity contribution >= 4 is 16.8 Å². The molecule has 2 aromatic carbocycles. The van der Waals surface area contributed by atoms with E-state index in [1.807, 2.05) is 47.5 Å². The Kier molecular flexibility index (Phi) is 3.84. The van der Waals surface area contributed by atoms with Crippen LogP contribution in [-0.2, 0) is 13.0 Å². The fourth-order valence-corrected chi connectivity index (χ4v) is 3.43. The number of nitrogens with one attached hydrogen (secondary N) is 1. The third kappa shape index (κ3) is 2.71. The predicted molar refractivity (Wildman–Crippen MR) is 96.3 cm³/mol. The van der Waals surface area contributed by atoms with Crippen LogP contribution in [0.2, 0.25) is 0 Å². The smallest absolute Gasteiger partial charge is 0.254 e. The second-order valence-electron chi connectivity index (χ2n) is 6.23. The van der Waals surface area contributed by atoms with E-state index in [9.17, 15) is 4.79 Å². The molecular formula is C20H20N2O3. The summed E-state index contributed by atoms with van der Waals surface area (Å²) in [6.45, 7) is 1.28. The molecule has 0 atom stereocenters. The van der Waals surface area contributed by atoms with Gasteiger partial charge in [0.2, 0.25) is 0 Å². The van der Waals surface area contributed by atoms with E-state index in [1.54, 1.807) is 14.2 Å². The van der Waals surface area contributed by atoms with Crippen LogP contribution in [-0.4, -0.2) is 36.6 Å². The highest BCUT2D eigenvalue weighted by atomic mass is 16.5. The summed E-state index contributed by atoms with van der Waals surface area (Å²) >= 11 is 0. The molecule has 5 nitrogen and oxygen atoms in total. The minimum absolute atomic E-state index is 0.0588. The van der Waals surface area contributed by atoms with Gasteiger partial charge in [0.15, 0.2) is 11.5 Å². The number of hydrogen-bond acceptors (Lipinski definition) is 3. The predicted octanol–water partition coefficient (Wildman–Crippen LogP) is 3.38. The highest BCUT2D eigenvalue weighted by Gasteiger charge is 2.23. The standard InChI is InChI=1S/C20H20N2O3/c1-24-18-10-13-6-8-22(12-16(13)11-19(18)25-2)20(23)15-3-4-17-14(9-15)5-7-21-17/h3-5,7,9-11,21H,6,8,12H2,1-2H3. The Morgan fingerprint density at radius 3 is 2.56 bits per heavy atom. The largest absolute Gasteiger partial charge is 0.493 e. The molecule has 0 radical (unpaired) electrons. The summed E-state index contributed by atoms with van der Waals surface area (Å²) in [5, 5.41) is 1.05. The maximum Gasteiger partial charge on any atom is 0.254 e. The minimum Gasteiger partial charge on any atom is -0.493 e. The number of aromatic amines is 1. The minimum atomic E-state index is 0.0588. The van der Waals surface area contributed by atoms with Crippen molar-refractivity contribution < 1.29 is 14.3 Å². The lowest BCUT2D eigenvalue weighted by Gasteiger charge is -2.29. The summed E-state index contributed by atoms with van der Waals surface area (Å²) in [4.78, 5) is 18.0. The van der Waals surface area contributed by atoms with Crippen LogP contribution in [0, 0.1) is 0 Å². The van der Waals surface area contributed by atoms with E-state index < -0.39 is 0 Å². The monoisotopic (exact) mass is 336 g/mol. The molecular weight excluding hydrogens is 316 g/mol. The van der Waals surface area contributed by atoms with Crippen LogP contribution in [0.5, 0.6) is 11.5 Å². The normalized spacial score (nSPS) is 13.6. The maximum absolute atomic E-state index is 12.9. The molecule has 3 aromatic rings. The fraction of sp³-hybridized carbons (Fsp3) is 0.250. The second kappa shape index (κ2) is 6.16. The zero-order valence-electron chi connectivity index (χ0n) is 14.3. The van der Waals surface area contributed by atoms with E-state index in [-0.39, 0.29) is 5.91 Å². The molecule has 0 saturated heterocycles. The zero-order valence-corrected chi connectivity index (χ0v) is 14.3. The van der Waals surface area contributed by atoms with Crippen molar-refractivity contribution in [2.24, 2.45) is 0 Å². The number of hydrogen-bond donors (Lipinski definition) is 1. The van der Waals surface area contributed by atoms with Gasteiger partial charge >= 0.3 is 0 Å². The summed E-state index contributed by atoms with van der Waals surface area (Å²) in [6.07, 6.45) is 2.70. The number of carbonyl (C=O) groups excluding carboxylic acids is 1. The van der Waals surface area contributed by atoms with Gasteiger partial charge in [-0.3, -0.25) is 4.79 Å².